The quantitative estimate of drug-likeness (QED) is 0.754. The summed E-state index contributed by atoms with van der Waals surface area (Å²) >= 11 is 0. The molecule has 1 atom stereocenters. The molecule has 2 nitrogen and oxygen atoms in total. The minimum atomic E-state index is 0.237. The van der Waals surface area contributed by atoms with E-state index in [4.69, 9.17) is 5.73 Å². The number of hydrogen-bond donors (Lipinski definition) is 1. The largest absolute Gasteiger partial charge is 0.329 e. The molecule has 1 unspecified atom stereocenters. The van der Waals surface area contributed by atoms with E-state index in [-0.39, 0.29) is 5.54 Å². The Morgan fingerprint density at radius 1 is 1.25 bits per heavy atom. The van der Waals surface area contributed by atoms with Crippen LogP contribution in [0.2, 0.25) is 0 Å². The van der Waals surface area contributed by atoms with Gasteiger partial charge in [0.15, 0.2) is 0 Å². The second-order valence-electron chi connectivity index (χ2n) is 5.83. The average Bonchev–Trinajstić information content (AvgIpc) is 2.75. The van der Waals surface area contributed by atoms with Crippen molar-refractivity contribution in [3.63, 3.8) is 0 Å². The molecule has 96 valence electrons. The van der Waals surface area contributed by atoms with Gasteiger partial charge in [-0.1, -0.05) is 27.2 Å². The second kappa shape index (κ2) is 5.50. The summed E-state index contributed by atoms with van der Waals surface area (Å²) < 4.78 is 0. The van der Waals surface area contributed by atoms with E-state index in [9.17, 15) is 0 Å². The van der Waals surface area contributed by atoms with Crippen LogP contribution in [0.5, 0.6) is 0 Å². The molecule has 16 heavy (non-hydrogen) atoms. The monoisotopic (exact) mass is 226 g/mol. The number of nitrogens with zero attached hydrogens (tertiary/aromatic N) is 1. The molecule has 0 spiro atoms. The topological polar surface area (TPSA) is 29.3 Å². The SMILES string of the molecule is CCCC(C)(CN)N1CCC(CC)(CC)C1. The lowest BCUT2D eigenvalue weighted by Gasteiger charge is -2.39. The molecular formula is C14H30N2. The second-order valence-corrected chi connectivity index (χ2v) is 5.83. The van der Waals surface area contributed by atoms with Crippen molar-refractivity contribution >= 4 is 0 Å². The van der Waals surface area contributed by atoms with Gasteiger partial charge in [-0.15, -0.1) is 0 Å². The summed E-state index contributed by atoms with van der Waals surface area (Å²) in [6, 6.07) is 0. The zero-order chi connectivity index (χ0) is 12.2. The molecule has 1 aliphatic heterocycles. The number of rotatable bonds is 6. The summed E-state index contributed by atoms with van der Waals surface area (Å²) in [7, 11) is 0. The maximum atomic E-state index is 6.00. The molecule has 0 bridgehead atoms. The van der Waals surface area contributed by atoms with Crippen molar-refractivity contribution in [3.05, 3.63) is 0 Å². The fourth-order valence-electron chi connectivity index (χ4n) is 3.15. The first-order valence-electron chi connectivity index (χ1n) is 7.01. The van der Waals surface area contributed by atoms with Gasteiger partial charge in [-0.05, 0) is 44.6 Å². The lowest BCUT2D eigenvalue weighted by Crippen LogP contribution is -2.51. The third kappa shape index (κ3) is 2.60. The Kier molecular flexibility index (Phi) is 4.81. The van der Waals surface area contributed by atoms with E-state index >= 15 is 0 Å². The molecule has 0 aromatic rings. The highest BCUT2D eigenvalue weighted by atomic mass is 15.2. The molecule has 2 N–H and O–H groups in total. The summed E-state index contributed by atoms with van der Waals surface area (Å²) in [6.45, 7) is 12.6. The molecule has 1 rings (SSSR count). The van der Waals surface area contributed by atoms with Gasteiger partial charge in [-0.3, -0.25) is 4.90 Å². The van der Waals surface area contributed by atoms with Crippen molar-refractivity contribution in [1.82, 2.24) is 4.90 Å². The molecule has 0 amide bonds. The van der Waals surface area contributed by atoms with Gasteiger partial charge in [0.05, 0.1) is 0 Å². The van der Waals surface area contributed by atoms with Gasteiger partial charge >= 0.3 is 0 Å². The van der Waals surface area contributed by atoms with E-state index in [0.29, 0.717) is 5.41 Å². The van der Waals surface area contributed by atoms with Gasteiger partial charge in [0, 0.05) is 18.6 Å². The van der Waals surface area contributed by atoms with Gasteiger partial charge in [-0.2, -0.15) is 0 Å². The van der Waals surface area contributed by atoms with Gasteiger partial charge in [0.1, 0.15) is 0 Å². The summed E-state index contributed by atoms with van der Waals surface area (Å²) in [5.41, 5.74) is 6.81. The van der Waals surface area contributed by atoms with Crippen molar-refractivity contribution in [1.29, 1.82) is 0 Å². The predicted molar refractivity (Wildman–Crippen MR) is 71.6 cm³/mol. The summed E-state index contributed by atoms with van der Waals surface area (Å²) in [4.78, 5) is 2.66. The zero-order valence-electron chi connectivity index (χ0n) is 11.7. The Bertz CT molecular complexity index is 211. The zero-order valence-corrected chi connectivity index (χ0v) is 11.7. The Hall–Kier alpha value is -0.0800. The van der Waals surface area contributed by atoms with E-state index in [1.807, 2.05) is 0 Å². The van der Waals surface area contributed by atoms with Crippen LogP contribution in [-0.2, 0) is 0 Å². The molecular weight excluding hydrogens is 196 g/mol. The Morgan fingerprint density at radius 3 is 2.25 bits per heavy atom. The van der Waals surface area contributed by atoms with E-state index in [2.05, 4.69) is 32.6 Å². The van der Waals surface area contributed by atoms with Crippen molar-refractivity contribution in [2.45, 2.75) is 65.3 Å². The lowest BCUT2D eigenvalue weighted by molar-refractivity contribution is 0.109. The molecule has 1 aliphatic rings. The van der Waals surface area contributed by atoms with Gasteiger partial charge < -0.3 is 5.73 Å². The molecule has 1 heterocycles. The molecule has 0 aromatic heterocycles. The van der Waals surface area contributed by atoms with Crippen LogP contribution in [0, 0.1) is 5.41 Å². The highest BCUT2D eigenvalue weighted by Crippen LogP contribution is 2.40. The standard InChI is InChI=1S/C14H30N2/c1-5-8-13(4,11-15)16-10-9-14(6-2,7-3)12-16/h5-12,15H2,1-4H3. The molecule has 0 aliphatic carbocycles. The first kappa shape index (κ1) is 14.0. The summed E-state index contributed by atoms with van der Waals surface area (Å²) in [5, 5.41) is 0. The van der Waals surface area contributed by atoms with Crippen molar-refractivity contribution < 1.29 is 0 Å². The summed E-state index contributed by atoms with van der Waals surface area (Å²) in [5.74, 6) is 0. The lowest BCUT2D eigenvalue weighted by atomic mass is 9.81. The fourth-order valence-corrected chi connectivity index (χ4v) is 3.15. The fraction of sp³-hybridized carbons (Fsp3) is 1.00. The maximum Gasteiger partial charge on any atom is 0.0303 e. The Balaban J connectivity index is 2.69. The average molecular weight is 226 g/mol. The van der Waals surface area contributed by atoms with Gasteiger partial charge in [-0.25, -0.2) is 0 Å². The normalized spacial score (nSPS) is 24.6. The number of nitrogens with two attached hydrogens (primary N) is 1. The first-order valence-corrected chi connectivity index (χ1v) is 7.01. The maximum absolute atomic E-state index is 6.00. The minimum absolute atomic E-state index is 0.237. The number of hydrogen-bond acceptors (Lipinski definition) is 2. The molecule has 0 saturated carbocycles. The predicted octanol–water partition coefficient (Wildman–Crippen LogP) is 3.02. The van der Waals surface area contributed by atoms with E-state index in [0.717, 1.165) is 6.54 Å². The minimum Gasteiger partial charge on any atom is -0.329 e. The Labute approximate surface area is 102 Å². The Morgan fingerprint density at radius 2 is 1.88 bits per heavy atom. The van der Waals surface area contributed by atoms with E-state index in [1.165, 1.54) is 45.2 Å². The third-order valence-corrected chi connectivity index (χ3v) is 4.93. The molecule has 1 saturated heterocycles. The molecule has 0 radical (unpaired) electrons. The van der Waals surface area contributed by atoms with Crippen LogP contribution < -0.4 is 5.73 Å². The molecule has 0 aromatic carbocycles. The van der Waals surface area contributed by atoms with Crippen LogP contribution in [0.25, 0.3) is 0 Å². The molecule has 2 heteroatoms. The number of likely N-dealkylation sites (tertiary alicyclic amines) is 1. The van der Waals surface area contributed by atoms with Crippen LogP contribution in [-0.4, -0.2) is 30.1 Å². The highest BCUT2D eigenvalue weighted by Gasteiger charge is 2.41. The van der Waals surface area contributed by atoms with Crippen molar-refractivity contribution in [2.75, 3.05) is 19.6 Å². The van der Waals surface area contributed by atoms with Gasteiger partial charge in [0.25, 0.3) is 0 Å². The van der Waals surface area contributed by atoms with Crippen LogP contribution in [0.15, 0.2) is 0 Å². The van der Waals surface area contributed by atoms with E-state index in [1.54, 1.807) is 0 Å². The van der Waals surface area contributed by atoms with Crippen LogP contribution in [0.1, 0.15) is 59.8 Å². The third-order valence-electron chi connectivity index (χ3n) is 4.93. The van der Waals surface area contributed by atoms with Crippen molar-refractivity contribution in [2.24, 2.45) is 11.1 Å². The smallest absolute Gasteiger partial charge is 0.0303 e. The molecule has 1 fully saturated rings. The van der Waals surface area contributed by atoms with Crippen LogP contribution >= 0.6 is 0 Å². The summed E-state index contributed by atoms with van der Waals surface area (Å²) in [6.07, 6.45) is 6.45. The van der Waals surface area contributed by atoms with Crippen molar-refractivity contribution in [3.8, 4) is 0 Å². The highest BCUT2D eigenvalue weighted by molar-refractivity contribution is 4.96. The van der Waals surface area contributed by atoms with Crippen LogP contribution in [0.4, 0.5) is 0 Å². The van der Waals surface area contributed by atoms with Gasteiger partial charge in [0.2, 0.25) is 0 Å². The van der Waals surface area contributed by atoms with E-state index < -0.39 is 0 Å². The van der Waals surface area contributed by atoms with Crippen LogP contribution in [0.3, 0.4) is 0 Å². The first-order chi connectivity index (χ1) is 7.55.